The smallest absolute Gasteiger partial charge is 0.303 e. The summed E-state index contributed by atoms with van der Waals surface area (Å²) >= 11 is 0. The molecular formula is C19H27NO4. The van der Waals surface area contributed by atoms with E-state index >= 15 is 0 Å². The number of rotatable bonds is 9. The van der Waals surface area contributed by atoms with Gasteiger partial charge in [0.2, 0.25) is 0 Å². The lowest BCUT2D eigenvalue weighted by molar-refractivity contribution is -0.136. The second kappa shape index (κ2) is 9.11. The van der Waals surface area contributed by atoms with Crippen LogP contribution in [0.25, 0.3) is 0 Å². The molecule has 0 bridgehead atoms. The normalized spacial score (nSPS) is 13.2. The highest BCUT2D eigenvalue weighted by Crippen LogP contribution is 2.25. The van der Waals surface area contributed by atoms with Crippen LogP contribution in [-0.2, 0) is 16.0 Å². The zero-order chi connectivity index (χ0) is 18.3. The average Bonchev–Trinajstić information content (AvgIpc) is 2.50. The van der Waals surface area contributed by atoms with Gasteiger partial charge in [0.25, 0.3) is 0 Å². The summed E-state index contributed by atoms with van der Waals surface area (Å²) in [6.45, 7) is 11.5. The Kier molecular flexibility index (Phi) is 7.49. The third-order valence-electron chi connectivity index (χ3n) is 3.79. The number of hydrogen-bond donors (Lipinski definition) is 1. The van der Waals surface area contributed by atoms with Crippen molar-refractivity contribution in [1.82, 2.24) is 0 Å². The number of carboxylic acids is 1. The van der Waals surface area contributed by atoms with Crippen LogP contribution in [0.2, 0.25) is 0 Å². The van der Waals surface area contributed by atoms with E-state index in [0.29, 0.717) is 17.9 Å². The molecule has 132 valence electrons. The van der Waals surface area contributed by atoms with Gasteiger partial charge in [-0.15, -0.1) is 0 Å². The molecule has 1 atom stereocenters. The summed E-state index contributed by atoms with van der Waals surface area (Å²) in [6, 6.07) is 5.67. The molecule has 0 fully saturated rings. The maximum atomic E-state index is 10.7. The molecule has 0 aliphatic rings. The van der Waals surface area contributed by atoms with Crippen LogP contribution >= 0.6 is 0 Å². The number of methoxy groups -OCH3 is 1. The second-order valence-corrected chi connectivity index (χ2v) is 6.01. The molecule has 0 spiro atoms. The van der Waals surface area contributed by atoms with Crippen LogP contribution in [0, 0.1) is 12.8 Å². The lowest BCUT2D eigenvalue weighted by atomic mass is 10.0. The molecule has 0 amide bonds. The molecule has 1 rings (SSSR count). The number of aliphatic carboxylic acids is 1. The lowest BCUT2D eigenvalue weighted by Crippen LogP contribution is -2.19. The van der Waals surface area contributed by atoms with Crippen molar-refractivity contribution in [2.45, 2.75) is 46.6 Å². The molecule has 1 aromatic rings. The standard InChI is InChI=1S/C19H27NO4/c1-12(2)18(20-5)19(23-6)14(4)24-16-9-7-15(13(3)11-16)8-10-17(21)22/h7,9,11-12,14H,5,8,10H2,1-4,6H3,(H,21,22)/b19-18-. The van der Waals surface area contributed by atoms with Crippen molar-refractivity contribution in [3.8, 4) is 5.75 Å². The van der Waals surface area contributed by atoms with Crippen LogP contribution in [0.4, 0.5) is 0 Å². The Bertz CT molecular complexity index is 620. The van der Waals surface area contributed by atoms with E-state index in [1.165, 1.54) is 0 Å². The van der Waals surface area contributed by atoms with E-state index in [2.05, 4.69) is 11.7 Å². The molecule has 0 aliphatic carbocycles. The van der Waals surface area contributed by atoms with Gasteiger partial charge in [-0.05, 0) is 56.2 Å². The maximum absolute atomic E-state index is 10.7. The first-order chi connectivity index (χ1) is 11.3. The second-order valence-electron chi connectivity index (χ2n) is 6.01. The fourth-order valence-electron chi connectivity index (χ4n) is 2.55. The molecule has 5 nitrogen and oxygen atoms in total. The summed E-state index contributed by atoms with van der Waals surface area (Å²) in [4.78, 5) is 14.8. The molecule has 1 unspecified atom stereocenters. The Labute approximate surface area is 144 Å². The Hall–Kier alpha value is -2.30. The van der Waals surface area contributed by atoms with Crippen molar-refractivity contribution < 1.29 is 19.4 Å². The molecule has 0 heterocycles. The Morgan fingerprint density at radius 1 is 1.33 bits per heavy atom. The number of allylic oxidation sites excluding steroid dienone is 1. The monoisotopic (exact) mass is 333 g/mol. The van der Waals surface area contributed by atoms with Gasteiger partial charge in [0.05, 0.1) is 12.8 Å². The lowest BCUT2D eigenvalue weighted by Gasteiger charge is -2.21. The van der Waals surface area contributed by atoms with Crippen LogP contribution in [0.1, 0.15) is 38.3 Å². The predicted octanol–water partition coefficient (Wildman–Crippen LogP) is 3.99. The molecule has 0 aromatic heterocycles. The van der Waals surface area contributed by atoms with E-state index in [1.807, 2.05) is 45.9 Å². The van der Waals surface area contributed by atoms with Crippen LogP contribution in [0.3, 0.4) is 0 Å². The van der Waals surface area contributed by atoms with Crippen molar-refractivity contribution >= 4 is 12.7 Å². The van der Waals surface area contributed by atoms with Gasteiger partial charge in [-0.3, -0.25) is 9.79 Å². The summed E-state index contributed by atoms with van der Waals surface area (Å²) in [5.41, 5.74) is 2.80. The minimum Gasteiger partial charge on any atom is -0.495 e. The number of carboxylic acid groups (broad SMARTS) is 1. The van der Waals surface area contributed by atoms with E-state index < -0.39 is 5.97 Å². The highest BCUT2D eigenvalue weighted by Gasteiger charge is 2.19. The van der Waals surface area contributed by atoms with Gasteiger partial charge in [-0.2, -0.15) is 0 Å². The summed E-state index contributed by atoms with van der Waals surface area (Å²) in [5.74, 6) is 0.758. The van der Waals surface area contributed by atoms with Gasteiger partial charge in [0.1, 0.15) is 5.75 Å². The zero-order valence-corrected chi connectivity index (χ0v) is 15.1. The number of aliphatic imine (C=N–C) groups is 1. The number of benzene rings is 1. The largest absolute Gasteiger partial charge is 0.495 e. The van der Waals surface area contributed by atoms with Crippen LogP contribution in [-0.4, -0.2) is 31.0 Å². The van der Waals surface area contributed by atoms with Crippen molar-refractivity contribution in [1.29, 1.82) is 0 Å². The van der Waals surface area contributed by atoms with Crippen LogP contribution in [0.15, 0.2) is 34.6 Å². The van der Waals surface area contributed by atoms with E-state index in [0.717, 1.165) is 16.8 Å². The van der Waals surface area contributed by atoms with E-state index in [-0.39, 0.29) is 18.4 Å². The molecule has 0 saturated carbocycles. The molecule has 0 aliphatic heterocycles. The van der Waals surface area contributed by atoms with Gasteiger partial charge in [-0.25, -0.2) is 0 Å². The Balaban J connectivity index is 2.94. The molecule has 1 N–H and O–H groups in total. The number of nitrogens with zero attached hydrogens (tertiary/aromatic N) is 1. The quantitative estimate of drug-likeness (QED) is 0.548. The number of ether oxygens (including phenoxy) is 2. The number of aryl methyl sites for hydroxylation is 2. The molecule has 0 saturated heterocycles. The summed E-state index contributed by atoms with van der Waals surface area (Å²) in [5, 5.41) is 8.79. The first-order valence-corrected chi connectivity index (χ1v) is 8.02. The van der Waals surface area contributed by atoms with Crippen molar-refractivity contribution in [2.75, 3.05) is 7.11 Å². The SMILES string of the molecule is C=N/C(=C(\OC)C(C)Oc1ccc(CCC(=O)O)c(C)c1)C(C)C. The number of carbonyl (C=O) groups is 1. The van der Waals surface area contributed by atoms with Crippen LogP contribution < -0.4 is 4.74 Å². The summed E-state index contributed by atoms with van der Waals surface area (Å²) in [7, 11) is 1.60. The topological polar surface area (TPSA) is 68.1 Å². The van der Waals surface area contributed by atoms with E-state index in [1.54, 1.807) is 7.11 Å². The predicted molar refractivity (Wildman–Crippen MR) is 95.6 cm³/mol. The fourth-order valence-corrected chi connectivity index (χ4v) is 2.55. The molecular weight excluding hydrogens is 306 g/mol. The van der Waals surface area contributed by atoms with Gasteiger partial charge < -0.3 is 14.6 Å². The third kappa shape index (κ3) is 5.41. The van der Waals surface area contributed by atoms with Gasteiger partial charge >= 0.3 is 5.97 Å². The van der Waals surface area contributed by atoms with E-state index in [4.69, 9.17) is 14.6 Å². The average molecular weight is 333 g/mol. The molecule has 24 heavy (non-hydrogen) atoms. The van der Waals surface area contributed by atoms with E-state index in [9.17, 15) is 4.79 Å². The summed E-state index contributed by atoms with van der Waals surface area (Å²) in [6.07, 6.45) is 0.330. The van der Waals surface area contributed by atoms with Gasteiger partial charge in [-0.1, -0.05) is 19.9 Å². The zero-order valence-electron chi connectivity index (χ0n) is 15.1. The molecule has 0 radical (unpaired) electrons. The molecule has 5 heteroatoms. The van der Waals surface area contributed by atoms with Gasteiger partial charge in [0, 0.05) is 6.42 Å². The Morgan fingerprint density at radius 3 is 2.46 bits per heavy atom. The maximum Gasteiger partial charge on any atom is 0.303 e. The minimum absolute atomic E-state index is 0.122. The first kappa shape index (κ1) is 19.7. The first-order valence-electron chi connectivity index (χ1n) is 8.02. The van der Waals surface area contributed by atoms with Crippen LogP contribution in [0.5, 0.6) is 5.75 Å². The van der Waals surface area contributed by atoms with Gasteiger partial charge in [0.15, 0.2) is 11.9 Å². The number of hydrogen-bond acceptors (Lipinski definition) is 4. The fraction of sp³-hybridized carbons (Fsp3) is 0.474. The molecule has 1 aromatic carbocycles. The summed E-state index contributed by atoms with van der Waals surface area (Å²) < 4.78 is 11.4. The minimum atomic E-state index is -0.795. The third-order valence-corrected chi connectivity index (χ3v) is 3.79. The van der Waals surface area contributed by atoms with Crippen molar-refractivity contribution in [3.63, 3.8) is 0 Å². The highest BCUT2D eigenvalue weighted by atomic mass is 16.5. The highest BCUT2D eigenvalue weighted by molar-refractivity contribution is 5.67. The Morgan fingerprint density at radius 2 is 2.00 bits per heavy atom. The van der Waals surface area contributed by atoms with Crippen molar-refractivity contribution in [3.05, 3.63) is 40.8 Å². The van der Waals surface area contributed by atoms with Crippen molar-refractivity contribution in [2.24, 2.45) is 10.9 Å².